The second-order valence-corrected chi connectivity index (χ2v) is 7.55. The molecule has 0 atom stereocenters. The average Bonchev–Trinajstić information content (AvgIpc) is 3.31. The first kappa shape index (κ1) is 18.7. The van der Waals surface area contributed by atoms with E-state index < -0.39 is 0 Å². The Balaban J connectivity index is 1.46. The predicted octanol–water partition coefficient (Wildman–Crippen LogP) is 1.15. The fourth-order valence-corrected chi connectivity index (χ4v) is 4.21. The number of hydrogen-bond donors (Lipinski definition) is 1. The van der Waals surface area contributed by atoms with E-state index in [1.807, 2.05) is 0 Å². The number of aryl methyl sites for hydroxylation is 1. The number of hydrogen-bond acceptors (Lipinski definition) is 7. The molecule has 0 unspecified atom stereocenters. The lowest BCUT2D eigenvalue weighted by Gasteiger charge is -2.26. The summed E-state index contributed by atoms with van der Waals surface area (Å²) in [6.45, 7) is 4.49. The number of thiazole rings is 1. The topological polar surface area (TPSA) is 93.5 Å². The molecule has 0 aromatic carbocycles. The summed E-state index contributed by atoms with van der Waals surface area (Å²) in [7, 11) is 1.72. The van der Waals surface area contributed by atoms with Gasteiger partial charge < -0.3 is 14.6 Å². The molecule has 8 nitrogen and oxygen atoms in total. The van der Waals surface area contributed by atoms with E-state index in [4.69, 9.17) is 4.74 Å². The van der Waals surface area contributed by atoms with Crippen LogP contribution in [0.1, 0.15) is 31.3 Å². The molecule has 1 fully saturated rings. The summed E-state index contributed by atoms with van der Waals surface area (Å²) in [6, 6.07) is 0. The van der Waals surface area contributed by atoms with Gasteiger partial charge in [-0.15, -0.1) is 11.3 Å². The molecule has 4 rings (SSSR count). The highest BCUT2D eigenvalue weighted by atomic mass is 32.1. The van der Waals surface area contributed by atoms with Crippen LogP contribution in [0.5, 0.6) is 0 Å². The maximum absolute atomic E-state index is 12.4. The van der Waals surface area contributed by atoms with Gasteiger partial charge in [0.25, 0.3) is 5.91 Å². The van der Waals surface area contributed by atoms with Crippen molar-refractivity contribution in [2.75, 3.05) is 39.4 Å². The number of carbonyl (C=O) groups excluding carboxylic acids is 3. The summed E-state index contributed by atoms with van der Waals surface area (Å²) < 4.78 is 6.94. The molecule has 0 saturated carbocycles. The van der Waals surface area contributed by atoms with E-state index in [1.54, 1.807) is 23.2 Å². The van der Waals surface area contributed by atoms with Gasteiger partial charge in [-0.2, -0.15) is 0 Å². The fourth-order valence-electron chi connectivity index (χ4n) is 3.39. The van der Waals surface area contributed by atoms with Crippen LogP contribution in [0, 0.1) is 0 Å². The largest absolute Gasteiger partial charge is 0.379 e. The number of rotatable bonds is 5. The molecule has 2 aliphatic rings. The summed E-state index contributed by atoms with van der Waals surface area (Å²) in [5.74, 6) is -0.680. The highest BCUT2D eigenvalue weighted by Gasteiger charge is 2.28. The lowest BCUT2D eigenvalue weighted by molar-refractivity contribution is 0.0383. The Morgan fingerprint density at radius 2 is 2.00 bits per heavy atom. The number of fused-ring (bicyclic) bond motifs is 1. The van der Waals surface area contributed by atoms with Crippen molar-refractivity contribution < 1.29 is 19.1 Å². The average molecular weight is 400 g/mol. The van der Waals surface area contributed by atoms with Crippen LogP contribution < -0.4 is 5.32 Å². The SMILES string of the molecule is Cn1cc(-c2nc(C(=O)NCCN3CCOCC3)cs2)c2c1C(=O)C=CC2=O. The lowest BCUT2D eigenvalue weighted by atomic mass is 9.99. The highest BCUT2D eigenvalue weighted by molar-refractivity contribution is 7.13. The van der Waals surface area contributed by atoms with Crippen LogP contribution in [0.4, 0.5) is 0 Å². The highest BCUT2D eigenvalue weighted by Crippen LogP contribution is 2.33. The van der Waals surface area contributed by atoms with Gasteiger partial charge >= 0.3 is 0 Å². The van der Waals surface area contributed by atoms with Crippen LogP contribution >= 0.6 is 11.3 Å². The van der Waals surface area contributed by atoms with Crippen molar-refractivity contribution in [2.24, 2.45) is 7.05 Å². The minimum atomic E-state index is -0.247. The van der Waals surface area contributed by atoms with E-state index in [0.717, 1.165) is 32.8 Å². The minimum Gasteiger partial charge on any atom is -0.379 e. The summed E-state index contributed by atoms with van der Waals surface area (Å²) in [6.07, 6.45) is 4.27. The van der Waals surface area contributed by atoms with Crippen LogP contribution in [-0.4, -0.2) is 71.3 Å². The summed E-state index contributed by atoms with van der Waals surface area (Å²) in [5, 5.41) is 5.10. The second kappa shape index (κ2) is 7.78. The van der Waals surface area contributed by atoms with Crippen molar-refractivity contribution in [3.05, 3.63) is 40.7 Å². The van der Waals surface area contributed by atoms with Crippen molar-refractivity contribution in [1.29, 1.82) is 0 Å². The monoisotopic (exact) mass is 400 g/mol. The van der Waals surface area contributed by atoms with Crippen LogP contribution in [0.3, 0.4) is 0 Å². The first-order valence-corrected chi connectivity index (χ1v) is 9.93. The zero-order valence-corrected chi connectivity index (χ0v) is 16.3. The minimum absolute atomic E-state index is 0.207. The maximum atomic E-state index is 12.4. The van der Waals surface area contributed by atoms with Crippen LogP contribution in [-0.2, 0) is 11.8 Å². The molecule has 1 N–H and O–H groups in total. The van der Waals surface area contributed by atoms with E-state index >= 15 is 0 Å². The van der Waals surface area contributed by atoms with E-state index in [9.17, 15) is 14.4 Å². The maximum Gasteiger partial charge on any atom is 0.270 e. The third kappa shape index (κ3) is 3.56. The molecule has 1 saturated heterocycles. The predicted molar refractivity (Wildman–Crippen MR) is 104 cm³/mol. The third-order valence-electron chi connectivity index (χ3n) is 4.83. The summed E-state index contributed by atoms with van der Waals surface area (Å²) in [5.41, 5.74) is 1.60. The van der Waals surface area contributed by atoms with Crippen LogP contribution in [0.25, 0.3) is 10.6 Å². The molecule has 1 aliphatic heterocycles. The van der Waals surface area contributed by atoms with E-state index in [1.165, 1.54) is 23.5 Å². The number of ether oxygens (including phenoxy) is 1. The molecule has 9 heteroatoms. The smallest absolute Gasteiger partial charge is 0.270 e. The van der Waals surface area contributed by atoms with Gasteiger partial charge in [-0.05, 0) is 12.2 Å². The molecule has 2 aromatic rings. The Morgan fingerprint density at radius 3 is 2.79 bits per heavy atom. The molecule has 0 radical (unpaired) electrons. The quantitative estimate of drug-likeness (QED) is 0.809. The number of ketones is 2. The van der Waals surface area contributed by atoms with E-state index in [2.05, 4.69) is 15.2 Å². The molecule has 2 aromatic heterocycles. The Hall–Kier alpha value is -2.62. The van der Waals surface area contributed by atoms with Gasteiger partial charge in [-0.3, -0.25) is 19.3 Å². The molecule has 0 bridgehead atoms. The molecular formula is C19H20N4O4S. The number of amides is 1. The van der Waals surface area contributed by atoms with Crippen molar-refractivity contribution in [1.82, 2.24) is 19.8 Å². The van der Waals surface area contributed by atoms with Crippen molar-refractivity contribution in [3.8, 4) is 10.6 Å². The van der Waals surface area contributed by atoms with Gasteiger partial charge in [0.05, 0.1) is 18.8 Å². The Labute approximate surface area is 165 Å². The van der Waals surface area contributed by atoms with Crippen LogP contribution in [0.2, 0.25) is 0 Å². The first-order valence-electron chi connectivity index (χ1n) is 9.05. The second-order valence-electron chi connectivity index (χ2n) is 6.69. The summed E-state index contributed by atoms with van der Waals surface area (Å²) in [4.78, 5) is 43.4. The third-order valence-corrected chi connectivity index (χ3v) is 5.71. The van der Waals surface area contributed by atoms with Gasteiger partial charge in [0.2, 0.25) is 5.78 Å². The number of morpholine rings is 1. The number of carbonyl (C=O) groups is 3. The standard InChI is InChI=1S/C19H20N4O4S/c1-22-10-12(16-14(24)2-3-15(25)17(16)22)19-21-13(11-28-19)18(26)20-4-5-23-6-8-27-9-7-23/h2-3,10-11H,4-9H2,1H3,(H,20,26). The van der Waals surface area contributed by atoms with Crippen LogP contribution in [0.15, 0.2) is 23.7 Å². The molecule has 3 heterocycles. The van der Waals surface area contributed by atoms with Crippen molar-refractivity contribution >= 4 is 28.8 Å². The number of nitrogens with zero attached hydrogens (tertiary/aromatic N) is 3. The van der Waals surface area contributed by atoms with Gasteiger partial charge in [-0.25, -0.2) is 4.98 Å². The molecule has 0 spiro atoms. The Morgan fingerprint density at radius 1 is 1.25 bits per heavy atom. The van der Waals surface area contributed by atoms with Crippen molar-refractivity contribution in [3.63, 3.8) is 0 Å². The van der Waals surface area contributed by atoms with E-state index in [0.29, 0.717) is 34.1 Å². The number of allylic oxidation sites excluding steroid dienone is 2. The van der Waals surface area contributed by atoms with Gasteiger partial charge in [0.1, 0.15) is 16.4 Å². The molecule has 146 valence electrons. The normalized spacial score (nSPS) is 17.0. The lowest BCUT2D eigenvalue weighted by Crippen LogP contribution is -2.41. The fraction of sp³-hybridized carbons (Fsp3) is 0.368. The van der Waals surface area contributed by atoms with Gasteiger partial charge in [0, 0.05) is 50.4 Å². The zero-order chi connectivity index (χ0) is 19.7. The molecular weight excluding hydrogens is 380 g/mol. The Bertz CT molecular complexity index is 969. The van der Waals surface area contributed by atoms with Gasteiger partial charge in [-0.1, -0.05) is 0 Å². The van der Waals surface area contributed by atoms with Crippen molar-refractivity contribution in [2.45, 2.75) is 0 Å². The molecule has 1 aliphatic carbocycles. The Kier molecular flexibility index (Phi) is 5.21. The first-order chi connectivity index (χ1) is 13.5. The number of nitrogens with one attached hydrogen (secondary N) is 1. The van der Waals surface area contributed by atoms with E-state index in [-0.39, 0.29) is 17.5 Å². The summed E-state index contributed by atoms with van der Waals surface area (Å²) >= 11 is 1.28. The molecule has 1 amide bonds. The van der Waals surface area contributed by atoms with Gasteiger partial charge in [0.15, 0.2) is 5.78 Å². The zero-order valence-electron chi connectivity index (χ0n) is 15.4. The molecule has 28 heavy (non-hydrogen) atoms. The number of aromatic nitrogens is 2.